The maximum Gasteiger partial charge on any atom is 0.331 e. The lowest BCUT2D eigenvalue weighted by molar-refractivity contribution is -0.384. The van der Waals surface area contributed by atoms with E-state index in [0.29, 0.717) is 23.0 Å². The number of amides is 1. The summed E-state index contributed by atoms with van der Waals surface area (Å²) in [5, 5.41) is 17.6. The summed E-state index contributed by atoms with van der Waals surface area (Å²) < 4.78 is 32.5. The van der Waals surface area contributed by atoms with Crippen LogP contribution < -0.4 is 5.32 Å². The molecule has 0 bridgehead atoms. The van der Waals surface area contributed by atoms with Crippen molar-refractivity contribution in [3.8, 4) is 5.69 Å². The molecule has 33 heavy (non-hydrogen) atoms. The fraction of sp³-hybridized carbons (Fsp3) is 0.0952. The number of ether oxygens (including phenoxy) is 1. The predicted molar refractivity (Wildman–Crippen MR) is 115 cm³/mol. The number of anilines is 1. The molecule has 1 aromatic heterocycles. The summed E-state index contributed by atoms with van der Waals surface area (Å²) in [5.41, 5.74) is 0.517. The standard InChI is InChI=1S/C21H15ClF2N4O5/c1-12-16(21(22)27(26-12)15-5-2-13(23)3-6-15)7-9-20(30)33-11-19(29)25-17-8-4-14(24)10-18(17)28(31)32/h2-10H,11H2,1H3,(H,25,29)/b9-7+. The van der Waals surface area contributed by atoms with Gasteiger partial charge in [-0.15, -0.1) is 0 Å². The van der Waals surface area contributed by atoms with E-state index in [-0.39, 0.29) is 10.8 Å². The summed E-state index contributed by atoms with van der Waals surface area (Å²) in [6.45, 7) is 0.916. The zero-order chi connectivity index (χ0) is 24.1. The highest BCUT2D eigenvalue weighted by Gasteiger charge is 2.18. The van der Waals surface area contributed by atoms with Crippen LogP contribution in [0.25, 0.3) is 11.8 Å². The second kappa shape index (κ2) is 10.0. The van der Waals surface area contributed by atoms with Gasteiger partial charge in [-0.1, -0.05) is 11.6 Å². The number of carbonyl (C=O) groups excluding carboxylic acids is 2. The molecule has 1 heterocycles. The van der Waals surface area contributed by atoms with Gasteiger partial charge in [0.1, 0.15) is 22.5 Å². The average Bonchev–Trinajstić information content (AvgIpc) is 3.05. The lowest BCUT2D eigenvalue weighted by Crippen LogP contribution is -2.20. The number of nitro benzene ring substituents is 1. The van der Waals surface area contributed by atoms with Crippen molar-refractivity contribution in [2.45, 2.75) is 6.92 Å². The molecule has 0 aliphatic heterocycles. The van der Waals surface area contributed by atoms with Crippen molar-refractivity contribution in [2.75, 3.05) is 11.9 Å². The van der Waals surface area contributed by atoms with E-state index in [4.69, 9.17) is 16.3 Å². The number of nitrogens with one attached hydrogen (secondary N) is 1. The van der Waals surface area contributed by atoms with E-state index in [9.17, 15) is 28.5 Å². The molecule has 9 nitrogen and oxygen atoms in total. The molecule has 0 radical (unpaired) electrons. The summed E-state index contributed by atoms with van der Waals surface area (Å²) in [6, 6.07) is 8.09. The van der Waals surface area contributed by atoms with Gasteiger partial charge >= 0.3 is 5.97 Å². The first-order chi connectivity index (χ1) is 15.7. The molecule has 0 aliphatic rings. The molecule has 3 rings (SSSR count). The number of halogens is 3. The Bertz CT molecular complexity index is 1260. The summed E-state index contributed by atoms with van der Waals surface area (Å²) in [4.78, 5) is 34.0. The van der Waals surface area contributed by atoms with E-state index < -0.39 is 40.7 Å². The SMILES string of the molecule is Cc1nn(-c2ccc(F)cc2)c(Cl)c1/C=C/C(=O)OCC(=O)Nc1ccc(F)cc1[N+](=O)[O-]. The Kier molecular flexibility index (Phi) is 7.13. The van der Waals surface area contributed by atoms with Crippen molar-refractivity contribution < 1.29 is 28.0 Å². The van der Waals surface area contributed by atoms with E-state index in [2.05, 4.69) is 10.4 Å². The molecule has 170 valence electrons. The first kappa shape index (κ1) is 23.5. The third-order valence-corrected chi connectivity index (χ3v) is 4.65. The Balaban J connectivity index is 1.62. The molecule has 1 N–H and O–H groups in total. The van der Waals surface area contributed by atoms with Gasteiger partial charge in [0, 0.05) is 11.6 Å². The van der Waals surface area contributed by atoms with Crippen molar-refractivity contribution in [3.63, 3.8) is 0 Å². The van der Waals surface area contributed by atoms with Crippen molar-refractivity contribution >= 4 is 40.9 Å². The van der Waals surface area contributed by atoms with Crippen LogP contribution in [0.3, 0.4) is 0 Å². The summed E-state index contributed by atoms with van der Waals surface area (Å²) in [6.07, 6.45) is 2.37. The monoisotopic (exact) mass is 476 g/mol. The Hall–Kier alpha value is -4.12. The molecule has 3 aromatic rings. The van der Waals surface area contributed by atoms with Crippen LogP contribution in [0.5, 0.6) is 0 Å². The zero-order valence-electron chi connectivity index (χ0n) is 16.9. The van der Waals surface area contributed by atoms with Gasteiger partial charge in [0.2, 0.25) is 0 Å². The smallest absolute Gasteiger partial charge is 0.331 e. The van der Waals surface area contributed by atoms with E-state index >= 15 is 0 Å². The van der Waals surface area contributed by atoms with Crippen LogP contribution in [0.1, 0.15) is 11.3 Å². The molecule has 2 aromatic carbocycles. The van der Waals surface area contributed by atoms with E-state index in [1.807, 2.05) is 0 Å². The molecule has 1 amide bonds. The van der Waals surface area contributed by atoms with E-state index in [1.54, 1.807) is 6.92 Å². The Morgan fingerprint density at radius 2 is 1.88 bits per heavy atom. The molecule has 0 spiro atoms. The molecular weight excluding hydrogens is 462 g/mol. The molecule has 0 atom stereocenters. The molecule has 0 unspecified atom stereocenters. The highest BCUT2D eigenvalue weighted by atomic mass is 35.5. The topological polar surface area (TPSA) is 116 Å². The maximum atomic E-state index is 13.2. The minimum Gasteiger partial charge on any atom is -0.452 e. The number of aryl methyl sites for hydroxylation is 1. The maximum absolute atomic E-state index is 13.2. The first-order valence-electron chi connectivity index (χ1n) is 9.25. The van der Waals surface area contributed by atoms with Crippen LogP contribution in [0.2, 0.25) is 5.15 Å². The van der Waals surface area contributed by atoms with Crippen LogP contribution in [-0.2, 0) is 14.3 Å². The third kappa shape index (κ3) is 5.77. The molecule has 0 fully saturated rings. The van der Waals surface area contributed by atoms with E-state index in [0.717, 1.165) is 18.2 Å². The molecular formula is C21H15ClF2N4O5. The van der Waals surface area contributed by atoms with Crippen molar-refractivity contribution in [2.24, 2.45) is 0 Å². The molecule has 0 aliphatic carbocycles. The second-order valence-corrected chi connectivity index (χ2v) is 6.94. The molecule has 0 saturated carbocycles. The Morgan fingerprint density at radius 1 is 1.21 bits per heavy atom. The second-order valence-electron chi connectivity index (χ2n) is 6.59. The van der Waals surface area contributed by atoms with Crippen molar-refractivity contribution in [1.29, 1.82) is 0 Å². The Labute approximate surface area is 190 Å². The van der Waals surface area contributed by atoms with Crippen LogP contribution in [-0.4, -0.2) is 33.2 Å². The number of esters is 1. The summed E-state index contributed by atoms with van der Waals surface area (Å²) >= 11 is 6.31. The quantitative estimate of drug-likeness (QED) is 0.236. The van der Waals surface area contributed by atoms with Crippen LogP contribution in [0.15, 0.2) is 48.5 Å². The summed E-state index contributed by atoms with van der Waals surface area (Å²) in [7, 11) is 0. The number of carbonyl (C=O) groups is 2. The number of rotatable bonds is 7. The predicted octanol–water partition coefficient (Wildman–Crippen LogP) is 4.22. The van der Waals surface area contributed by atoms with Crippen LogP contribution >= 0.6 is 11.6 Å². The minimum absolute atomic E-state index is 0.171. The normalized spacial score (nSPS) is 10.9. The number of aromatic nitrogens is 2. The van der Waals surface area contributed by atoms with Gasteiger partial charge in [0.05, 0.1) is 22.4 Å². The fourth-order valence-corrected chi connectivity index (χ4v) is 3.07. The van der Waals surface area contributed by atoms with Gasteiger partial charge in [0.25, 0.3) is 11.6 Å². The highest BCUT2D eigenvalue weighted by Crippen LogP contribution is 2.26. The summed E-state index contributed by atoms with van der Waals surface area (Å²) in [5.74, 6) is -3.00. The number of benzene rings is 2. The minimum atomic E-state index is -0.885. The van der Waals surface area contributed by atoms with Gasteiger partial charge < -0.3 is 10.1 Å². The van der Waals surface area contributed by atoms with Gasteiger partial charge in [-0.05, 0) is 49.4 Å². The molecule has 12 heteroatoms. The highest BCUT2D eigenvalue weighted by molar-refractivity contribution is 6.31. The molecule has 0 saturated heterocycles. The van der Waals surface area contributed by atoms with Gasteiger partial charge in [-0.3, -0.25) is 14.9 Å². The van der Waals surface area contributed by atoms with Gasteiger partial charge in [0.15, 0.2) is 6.61 Å². The fourth-order valence-electron chi connectivity index (χ4n) is 2.74. The number of nitro groups is 1. The lowest BCUT2D eigenvalue weighted by Gasteiger charge is -2.06. The van der Waals surface area contributed by atoms with Crippen LogP contribution in [0, 0.1) is 28.7 Å². The van der Waals surface area contributed by atoms with Crippen molar-refractivity contribution in [3.05, 3.63) is 86.7 Å². The van der Waals surface area contributed by atoms with Crippen LogP contribution in [0.4, 0.5) is 20.2 Å². The number of nitrogens with zero attached hydrogens (tertiary/aromatic N) is 3. The van der Waals surface area contributed by atoms with Gasteiger partial charge in [-0.25, -0.2) is 18.3 Å². The Morgan fingerprint density at radius 3 is 2.55 bits per heavy atom. The third-order valence-electron chi connectivity index (χ3n) is 4.28. The average molecular weight is 477 g/mol. The lowest BCUT2D eigenvalue weighted by atomic mass is 10.2. The first-order valence-corrected chi connectivity index (χ1v) is 9.63. The largest absolute Gasteiger partial charge is 0.452 e. The number of hydrogen-bond acceptors (Lipinski definition) is 6. The van der Waals surface area contributed by atoms with Gasteiger partial charge in [-0.2, -0.15) is 5.10 Å². The van der Waals surface area contributed by atoms with Crippen molar-refractivity contribution in [1.82, 2.24) is 9.78 Å². The number of hydrogen-bond donors (Lipinski definition) is 1. The van der Waals surface area contributed by atoms with E-state index in [1.165, 1.54) is 35.0 Å². The zero-order valence-corrected chi connectivity index (χ0v) is 17.7.